The minimum absolute atomic E-state index is 0.0309. The van der Waals surface area contributed by atoms with Crippen LogP contribution in [0.3, 0.4) is 0 Å². The molecule has 0 aliphatic heterocycles. The van der Waals surface area contributed by atoms with Crippen LogP contribution in [0.15, 0.2) is 40.8 Å². The fourth-order valence-corrected chi connectivity index (χ4v) is 3.73. The second-order valence-electron chi connectivity index (χ2n) is 7.03. The Kier molecular flexibility index (Phi) is 5.45. The third kappa shape index (κ3) is 4.68. The number of rotatable bonds is 5. The zero-order valence-corrected chi connectivity index (χ0v) is 14.7. The predicted octanol–water partition coefficient (Wildman–Crippen LogP) is 4.15. The lowest BCUT2D eigenvalue weighted by Gasteiger charge is -2.19. The zero-order chi connectivity index (χ0) is 16.2. The molecular weight excluding hydrogens is 294 g/mol. The van der Waals surface area contributed by atoms with Gasteiger partial charge in [-0.05, 0) is 55.2 Å². The van der Waals surface area contributed by atoms with Crippen LogP contribution in [-0.2, 0) is 15.4 Å². The highest BCUT2D eigenvalue weighted by atomic mass is 32.2. The van der Waals surface area contributed by atoms with E-state index in [4.69, 9.17) is 0 Å². The normalized spacial score (nSPS) is 16.4. The maximum absolute atomic E-state index is 12.3. The van der Waals surface area contributed by atoms with Gasteiger partial charge in [-0.25, -0.2) is 13.1 Å². The maximum Gasteiger partial charge on any atom is 0.240 e. The van der Waals surface area contributed by atoms with Gasteiger partial charge in [-0.1, -0.05) is 44.6 Å². The van der Waals surface area contributed by atoms with Crippen LogP contribution in [0.1, 0.15) is 58.4 Å². The van der Waals surface area contributed by atoms with Crippen LogP contribution in [0, 0.1) is 0 Å². The van der Waals surface area contributed by atoms with E-state index in [1.807, 2.05) is 12.1 Å². The highest BCUT2D eigenvalue weighted by Gasteiger charge is 2.17. The van der Waals surface area contributed by atoms with Gasteiger partial charge in [0, 0.05) is 6.54 Å². The van der Waals surface area contributed by atoms with E-state index in [9.17, 15) is 8.42 Å². The van der Waals surface area contributed by atoms with Crippen molar-refractivity contribution in [2.24, 2.45) is 0 Å². The molecular formula is C18H27NO2S. The second-order valence-corrected chi connectivity index (χ2v) is 8.80. The van der Waals surface area contributed by atoms with Crippen LogP contribution < -0.4 is 4.72 Å². The molecule has 1 aliphatic rings. The lowest BCUT2D eigenvalue weighted by molar-refractivity contribution is 0.576. The molecule has 1 aromatic carbocycles. The molecule has 0 saturated carbocycles. The molecule has 0 unspecified atom stereocenters. The summed E-state index contributed by atoms with van der Waals surface area (Å²) < 4.78 is 27.3. The monoisotopic (exact) mass is 321 g/mol. The third-order valence-electron chi connectivity index (χ3n) is 4.15. The summed E-state index contributed by atoms with van der Waals surface area (Å²) in [4.78, 5) is 0.345. The molecule has 0 fully saturated rings. The summed E-state index contributed by atoms with van der Waals surface area (Å²) in [5, 5.41) is 0. The summed E-state index contributed by atoms with van der Waals surface area (Å²) >= 11 is 0. The molecule has 0 aromatic heterocycles. The summed E-state index contributed by atoms with van der Waals surface area (Å²) in [7, 11) is -3.40. The molecule has 4 heteroatoms. The Morgan fingerprint density at radius 1 is 1.09 bits per heavy atom. The SMILES string of the molecule is CC(C)(C)c1ccc(S(=O)(=O)NCCC2=CCCCC2)cc1. The number of hydrogen-bond acceptors (Lipinski definition) is 2. The van der Waals surface area contributed by atoms with E-state index in [0.29, 0.717) is 11.4 Å². The topological polar surface area (TPSA) is 46.2 Å². The van der Waals surface area contributed by atoms with Crippen molar-refractivity contribution in [3.05, 3.63) is 41.5 Å². The first kappa shape index (κ1) is 17.2. The van der Waals surface area contributed by atoms with Crippen LogP contribution in [-0.4, -0.2) is 15.0 Å². The molecule has 0 atom stereocenters. The molecule has 0 amide bonds. The molecule has 3 nitrogen and oxygen atoms in total. The van der Waals surface area contributed by atoms with Crippen LogP contribution >= 0.6 is 0 Å². The average Bonchev–Trinajstić information content (AvgIpc) is 2.47. The van der Waals surface area contributed by atoms with Crippen molar-refractivity contribution in [2.75, 3.05) is 6.54 Å². The molecule has 1 aliphatic carbocycles. The van der Waals surface area contributed by atoms with Gasteiger partial charge >= 0.3 is 0 Å². The van der Waals surface area contributed by atoms with Gasteiger partial charge < -0.3 is 0 Å². The summed E-state index contributed by atoms with van der Waals surface area (Å²) in [5.74, 6) is 0. The molecule has 1 N–H and O–H groups in total. The molecule has 0 saturated heterocycles. The van der Waals surface area contributed by atoms with Gasteiger partial charge in [0.05, 0.1) is 4.90 Å². The Balaban J connectivity index is 1.96. The Morgan fingerprint density at radius 3 is 2.32 bits per heavy atom. The molecule has 22 heavy (non-hydrogen) atoms. The molecule has 0 bridgehead atoms. The van der Waals surface area contributed by atoms with Crippen molar-refractivity contribution in [2.45, 2.75) is 63.2 Å². The quantitative estimate of drug-likeness (QED) is 0.828. The summed E-state index contributed by atoms with van der Waals surface area (Å²) in [6.07, 6.45) is 7.82. The van der Waals surface area contributed by atoms with Crippen molar-refractivity contribution in [1.82, 2.24) is 4.72 Å². The van der Waals surface area contributed by atoms with E-state index in [2.05, 4.69) is 31.6 Å². The van der Waals surface area contributed by atoms with Crippen LogP contribution in [0.2, 0.25) is 0 Å². The van der Waals surface area contributed by atoms with Gasteiger partial charge in [-0.2, -0.15) is 0 Å². The van der Waals surface area contributed by atoms with Gasteiger partial charge in [-0.15, -0.1) is 0 Å². The fraction of sp³-hybridized carbons (Fsp3) is 0.556. The minimum Gasteiger partial charge on any atom is -0.211 e. The maximum atomic E-state index is 12.3. The van der Waals surface area contributed by atoms with Crippen molar-refractivity contribution < 1.29 is 8.42 Å². The van der Waals surface area contributed by atoms with Gasteiger partial charge in [0.2, 0.25) is 10.0 Å². The Bertz CT molecular complexity index is 622. The molecule has 122 valence electrons. The van der Waals surface area contributed by atoms with E-state index in [1.54, 1.807) is 12.1 Å². The highest BCUT2D eigenvalue weighted by Crippen LogP contribution is 2.23. The first-order valence-corrected chi connectivity index (χ1v) is 9.55. The van der Waals surface area contributed by atoms with Crippen LogP contribution in [0.25, 0.3) is 0 Å². The fourth-order valence-electron chi connectivity index (χ4n) is 2.70. The first-order chi connectivity index (χ1) is 10.3. The number of sulfonamides is 1. The van der Waals surface area contributed by atoms with E-state index < -0.39 is 10.0 Å². The third-order valence-corrected chi connectivity index (χ3v) is 5.63. The van der Waals surface area contributed by atoms with E-state index >= 15 is 0 Å². The van der Waals surface area contributed by atoms with Gasteiger partial charge in [0.15, 0.2) is 0 Å². The Morgan fingerprint density at radius 2 is 1.77 bits per heavy atom. The molecule has 0 heterocycles. The van der Waals surface area contributed by atoms with Gasteiger partial charge in [0.25, 0.3) is 0 Å². The van der Waals surface area contributed by atoms with Crippen LogP contribution in [0.5, 0.6) is 0 Å². The summed E-state index contributed by atoms with van der Waals surface area (Å²) in [6.45, 7) is 6.83. The van der Waals surface area contributed by atoms with Crippen molar-refractivity contribution in [3.8, 4) is 0 Å². The number of hydrogen-bond donors (Lipinski definition) is 1. The highest BCUT2D eigenvalue weighted by molar-refractivity contribution is 7.89. The lowest BCUT2D eigenvalue weighted by atomic mass is 9.87. The second kappa shape index (κ2) is 6.97. The lowest BCUT2D eigenvalue weighted by Crippen LogP contribution is -2.25. The van der Waals surface area contributed by atoms with E-state index in [-0.39, 0.29) is 5.41 Å². The van der Waals surface area contributed by atoms with E-state index in [0.717, 1.165) is 24.8 Å². The minimum atomic E-state index is -3.40. The molecule has 1 aromatic rings. The summed E-state index contributed by atoms with van der Waals surface area (Å²) in [6, 6.07) is 7.20. The Hall–Kier alpha value is -1.13. The Labute approximate surface area is 134 Å². The summed E-state index contributed by atoms with van der Waals surface area (Å²) in [5.41, 5.74) is 2.55. The zero-order valence-electron chi connectivity index (χ0n) is 13.9. The number of nitrogens with one attached hydrogen (secondary N) is 1. The molecule has 0 radical (unpaired) electrons. The van der Waals surface area contributed by atoms with Crippen LogP contribution in [0.4, 0.5) is 0 Å². The number of benzene rings is 1. The molecule has 0 spiro atoms. The van der Waals surface area contributed by atoms with Crippen molar-refractivity contribution in [3.63, 3.8) is 0 Å². The predicted molar refractivity (Wildman–Crippen MR) is 91.5 cm³/mol. The largest absolute Gasteiger partial charge is 0.240 e. The van der Waals surface area contributed by atoms with Gasteiger partial charge in [0.1, 0.15) is 0 Å². The average molecular weight is 321 g/mol. The standard InChI is InChI=1S/C18H27NO2S/c1-18(2,3)16-9-11-17(12-10-16)22(20,21)19-14-13-15-7-5-4-6-8-15/h7,9-12,19H,4-6,8,13-14H2,1-3H3. The van der Waals surface area contributed by atoms with Crippen molar-refractivity contribution in [1.29, 1.82) is 0 Å². The molecule has 2 rings (SSSR count). The van der Waals surface area contributed by atoms with Gasteiger partial charge in [-0.3, -0.25) is 0 Å². The smallest absolute Gasteiger partial charge is 0.211 e. The first-order valence-electron chi connectivity index (χ1n) is 8.07. The number of allylic oxidation sites excluding steroid dienone is 1. The van der Waals surface area contributed by atoms with E-state index in [1.165, 1.54) is 18.4 Å². The van der Waals surface area contributed by atoms with Crippen molar-refractivity contribution >= 4 is 10.0 Å².